The number of amides is 1. The van der Waals surface area contributed by atoms with Crippen molar-refractivity contribution >= 4 is 22.8 Å². The molecule has 0 saturated heterocycles. The summed E-state index contributed by atoms with van der Waals surface area (Å²) in [6, 6.07) is 6.24. The molecule has 1 aromatic heterocycles. The van der Waals surface area contributed by atoms with Gasteiger partial charge in [-0.25, -0.2) is 4.79 Å². The largest absolute Gasteiger partial charge is 0.480 e. The summed E-state index contributed by atoms with van der Waals surface area (Å²) in [6.07, 6.45) is 2.49. The van der Waals surface area contributed by atoms with Crippen molar-refractivity contribution in [1.82, 2.24) is 10.3 Å². The lowest BCUT2D eigenvalue weighted by atomic mass is 9.99. The Kier molecular flexibility index (Phi) is 4.08. The van der Waals surface area contributed by atoms with E-state index in [1.165, 1.54) is 0 Å². The van der Waals surface area contributed by atoms with Gasteiger partial charge in [-0.1, -0.05) is 20.3 Å². The van der Waals surface area contributed by atoms with Gasteiger partial charge >= 0.3 is 5.97 Å². The Morgan fingerprint density at radius 3 is 2.75 bits per heavy atom. The number of benzene rings is 1. The molecule has 20 heavy (non-hydrogen) atoms. The molecule has 0 saturated carbocycles. The highest BCUT2D eigenvalue weighted by molar-refractivity contribution is 5.99. The molecular weight excluding hydrogens is 256 g/mol. The van der Waals surface area contributed by atoms with Crippen molar-refractivity contribution in [2.45, 2.75) is 26.3 Å². The maximum Gasteiger partial charge on any atom is 0.326 e. The molecule has 5 heteroatoms. The fourth-order valence-corrected chi connectivity index (χ4v) is 2.10. The minimum absolute atomic E-state index is 0.118. The average Bonchev–Trinajstić information content (AvgIpc) is 2.90. The van der Waals surface area contributed by atoms with Crippen LogP contribution >= 0.6 is 0 Å². The second-order valence-electron chi connectivity index (χ2n) is 4.95. The number of carbonyl (C=O) groups is 2. The van der Waals surface area contributed by atoms with Crippen molar-refractivity contribution in [3.8, 4) is 0 Å². The maximum absolute atomic E-state index is 12.2. The molecule has 5 nitrogen and oxygen atoms in total. The van der Waals surface area contributed by atoms with Gasteiger partial charge in [0.2, 0.25) is 0 Å². The van der Waals surface area contributed by atoms with E-state index in [0.29, 0.717) is 12.0 Å². The second kappa shape index (κ2) is 5.77. The Morgan fingerprint density at radius 1 is 1.35 bits per heavy atom. The van der Waals surface area contributed by atoms with E-state index in [2.05, 4.69) is 10.3 Å². The summed E-state index contributed by atoms with van der Waals surface area (Å²) < 4.78 is 0. The zero-order chi connectivity index (χ0) is 14.7. The van der Waals surface area contributed by atoms with E-state index in [9.17, 15) is 14.7 Å². The number of carboxylic acid groups (broad SMARTS) is 1. The molecule has 0 aliphatic carbocycles. The topological polar surface area (TPSA) is 82.2 Å². The van der Waals surface area contributed by atoms with Crippen molar-refractivity contribution < 1.29 is 14.7 Å². The molecule has 0 radical (unpaired) electrons. The van der Waals surface area contributed by atoms with Gasteiger partial charge in [0.25, 0.3) is 5.91 Å². The summed E-state index contributed by atoms with van der Waals surface area (Å²) in [4.78, 5) is 26.4. The van der Waals surface area contributed by atoms with E-state index < -0.39 is 12.0 Å². The van der Waals surface area contributed by atoms with Gasteiger partial charge in [-0.15, -0.1) is 0 Å². The molecule has 2 atom stereocenters. The highest BCUT2D eigenvalue weighted by atomic mass is 16.4. The number of aromatic nitrogens is 1. The van der Waals surface area contributed by atoms with Gasteiger partial charge in [0.05, 0.1) is 0 Å². The predicted octanol–water partition coefficient (Wildman–Crippen LogP) is 2.40. The monoisotopic (exact) mass is 274 g/mol. The number of hydrogen-bond donors (Lipinski definition) is 3. The van der Waals surface area contributed by atoms with Crippen LogP contribution in [0.4, 0.5) is 0 Å². The lowest BCUT2D eigenvalue weighted by molar-refractivity contribution is -0.140. The Bertz CT molecular complexity index is 633. The number of carbonyl (C=O) groups excluding carboxylic acids is 1. The van der Waals surface area contributed by atoms with E-state index in [1.807, 2.05) is 26.0 Å². The molecule has 1 aromatic carbocycles. The van der Waals surface area contributed by atoms with Crippen LogP contribution in [-0.4, -0.2) is 28.0 Å². The molecule has 1 unspecified atom stereocenters. The van der Waals surface area contributed by atoms with E-state index in [0.717, 1.165) is 10.9 Å². The maximum atomic E-state index is 12.2. The van der Waals surface area contributed by atoms with E-state index in [4.69, 9.17) is 0 Å². The van der Waals surface area contributed by atoms with Crippen molar-refractivity contribution in [3.63, 3.8) is 0 Å². The minimum Gasteiger partial charge on any atom is -0.480 e. The van der Waals surface area contributed by atoms with Crippen LogP contribution in [0.25, 0.3) is 10.9 Å². The quantitative estimate of drug-likeness (QED) is 0.783. The Morgan fingerprint density at radius 2 is 2.10 bits per heavy atom. The van der Waals surface area contributed by atoms with Crippen LogP contribution in [0.15, 0.2) is 30.5 Å². The fourth-order valence-electron chi connectivity index (χ4n) is 2.10. The first-order valence-corrected chi connectivity index (χ1v) is 6.63. The molecule has 106 valence electrons. The highest BCUT2D eigenvalue weighted by Crippen LogP contribution is 2.15. The summed E-state index contributed by atoms with van der Waals surface area (Å²) in [7, 11) is 0. The SMILES string of the molecule is CCC(C)[C@H](NC(=O)c1ccc2[nH]ccc2c1)C(=O)O. The summed E-state index contributed by atoms with van der Waals surface area (Å²) >= 11 is 0. The molecule has 0 bridgehead atoms. The van der Waals surface area contributed by atoms with Crippen LogP contribution in [0.1, 0.15) is 30.6 Å². The second-order valence-corrected chi connectivity index (χ2v) is 4.95. The van der Waals surface area contributed by atoms with Gasteiger partial charge in [-0.2, -0.15) is 0 Å². The Hall–Kier alpha value is -2.30. The van der Waals surface area contributed by atoms with Gasteiger partial charge < -0.3 is 15.4 Å². The molecule has 0 fully saturated rings. The van der Waals surface area contributed by atoms with E-state index in [1.54, 1.807) is 18.3 Å². The smallest absolute Gasteiger partial charge is 0.326 e. The third-order valence-electron chi connectivity index (χ3n) is 3.58. The van der Waals surface area contributed by atoms with Crippen molar-refractivity contribution in [1.29, 1.82) is 0 Å². The number of nitrogens with one attached hydrogen (secondary N) is 2. The van der Waals surface area contributed by atoms with Crippen molar-refractivity contribution in [2.24, 2.45) is 5.92 Å². The first-order valence-electron chi connectivity index (χ1n) is 6.63. The third-order valence-corrected chi connectivity index (χ3v) is 3.58. The Labute approximate surface area is 117 Å². The molecular formula is C15H18N2O3. The predicted molar refractivity (Wildman–Crippen MR) is 76.6 cm³/mol. The number of carboxylic acids is 1. The number of aromatic amines is 1. The van der Waals surface area contributed by atoms with Gasteiger partial charge in [0.1, 0.15) is 6.04 Å². The molecule has 1 heterocycles. The molecule has 2 aromatic rings. The van der Waals surface area contributed by atoms with E-state index >= 15 is 0 Å². The van der Waals surface area contributed by atoms with Crippen molar-refractivity contribution in [3.05, 3.63) is 36.0 Å². The zero-order valence-electron chi connectivity index (χ0n) is 11.5. The third kappa shape index (κ3) is 2.82. The summed E-state index contributed by atoms with van der Waals surface area (Å²) in [5.74, 6) is -1.48. The standard InChI is InChI=1S/C15H18N2O3/c1-3-9(2)13(15(19)20)17-14(18)11-4-5-12-10(8-11)6-7-16-12/h4-9,13,16H,3H2,1-2H3,(H,17,18)(H,19,20)/t9?,13-/m0/s1. The number of rotatable bonds is 5. The lowest BCUT2D eigenvalue weighted by Gasteiger charge is -2.20. The van der Waals surface area contributed by atoms with Crippen LogP contribution in [-0.2, 0) is 4.79 Å². The minimum atomic E-state index is -1.00. The molecule has 2 rings (SSSR count). The molecule has 0 aliphatic heterocycles. The van der Waals surface area contributed by atoms with Gasteiger partial charge in [0, 0.05) is 22.7 Å². The number of aliphatic carboxylic acids is 1. The first-order chi connectivity index (χ1) is 9.52. The fraction of sp³-hybridized carbons (Fsp3) is 0.333. The van der Waals surface area contributed by atoms with E-state index in [-0.39, 0.29) is 11.8 Å². The van der Waals surface area contributed by atoms with Gasteiger partial charge in [0.15, 0.2) is 0 Å². The van der Waals surface area contributed by atoms with Crippen LogP contribution in [0.5, 0.6) is 0 Å². The van der Waals surface area contributed by atoms with Crippen LogP contribution in [0, 0.1) is 5.92 Å². The highest BCUT2D eigenvalue weighted by Gasteiger charge is 2.25. The van der Waals surface area contributed by atoms with Crippen molar-refractivity contribution in [2.75, 3.05) is 0 Å². The van der Waals surface area contributed by atoms with Gasteiger partial charge in [-0.3, -0.25) is 4.79 Å². The zero-order valence-corrected chi connectivity index (χ0v) is 11.5. The molecule has 0 aliphatic rings. The van der Waals surface area contributed by atoms with Gasteiger partial charge in [-0.05, 0) is 30.2 Å². The number of H-pyrrole nitrogens is 1. The number of fused-ring (bicyclic) bond motifs is 1. The molecule has 1 amide bonds. The summed E-state index contributed by atoms with van der Waals surface area (Å²) in [5.41, 5.74) is 1.41. The summed E-state index contributed by atoms with van der Waals surface area (Å²) in [5, 5.41) is 12.7. The van der Waals surface area contributed by atoms with Crippen LogP contribution < -0.4 is 5.32 Å². The molecule has 3 N–H and O–H groups in total. The average molecular weight is 274 g/mol. The normalized spacial score (nSPS) is 13.9. The first kappa shape index (κ1) is 14.1. The Balaban J connectivity index is 2.19. The van der Waals surface area contributed by atoms with Crippen LogP contribution in [0.2, 0.25) is 0 Å². The molecule has 0 spiro atoms. The number of hydrogen-bond acceptors (Lipinski definition) is 2. The lowest BCUT2D eigenvalue weighted by Crippen LogP contribution is -2.45. The van der Waals surface area contributed by atoms with Crippen LogP contribution in [0.3, 0.4) is 0 Å². The summed E-state index contributed by atoms with van der Waals surface area (Å²) in [6.45, 7) is 3.72.